The lowest BCUT2D eigenvalue weighted by atomic mass is 10.2. The zero-order chi connectivity index (χ0) is 15.4. The fraction of sp³-hybridized carbons (Fsp3) is 0.357. The number of rotatable bonds is 5. The number of amides is 1. The smallest absolute Gasteiger partial charge is 0.257 e. The molecule has 2 aromatic heterocycles. The van der Waals surface area contributed by atoms with Crippen LogP contribution in [-0.2, 0) is 0 Å². The predicted octanol–water partition coefficient (Wildman–Crippen LogP) is 4.00. The Balaban J connectivity index is 2.15. The molecule has 0 aliphatic heterocycles. The summed E-state index contributed by atoms with van der Waals surface area (Å²) in [7, 11) is 0. The maximum atomic E-state index is 12.2. The van der Waals surface area contributed by atoms with Gasteiger partial charge >= 0.3 is 0 Å². The maximum Gasteiger partial charge on any atom is 0.257 e. The molecule has 0 aromatic carbocycles. The summed E-state index contributed by atoms with van der Waals surface area (Å²) < 4.78 is 0. The normalized spacial score (nSPS) is 10.7. The van der Waals surface area contributed by atoms with E-state index in [-0.39, 0.29) is 11.1 Å². The van der Waals surface area contributed by atoms with E-state index in [1.54, 1.807) is 6.07 Å². The fourth-order valence-corrected chi connectivity index (χ4v) is 2.75. The first-order chi connectivity index (χ1) is 9.99. The van der Waals surface area contributed by atoms with Crippen LogP contribution in [-0.4, -0.2) is 22.4 Å². The lowest BCUT2D eigenvalue weighted by Gasteiger charge is -2.06. The lowest BCUT2D eigenvalue weighted by molar-refractivity contribution is 0.102. The van der Waals surface area contributed by atoms with Crippen molar-refractivity contribution in [2.75, 3.05) is 17.2 Å². The standard InChI is InChI=1S/C14H17ClN4OS/c1-4-16-12-6-9(5-11(15)18-12)13(20)19-14-17-10(7-21-14)8(2)3/h5-8H,4H2,1-3H3,(H,16,18)(H,17,19,20). The van der Waals surface area contributed by atoms with E-state index < -0.39 is 0 Å². The van der Waals surface area contributed by atoms with Gasteiger partial charge in [-0.25, -0.2) is 9.97 Å². The minimum absolute atomic E-state index is 0.247. The van der Waals surface area contributed by atoms with Crippen LogP contribution in [0, 0.1) is 0 Å². The fourth-order valence-electron chi connectivity index (χ4n) is 1.68. The molecule has 0 spiro atoms. The van der Waals surface area contributed by atoms with Gasteiger partial charge in [-0.2, -0.15) is 0 Å². The zero-order valence-electron chi connectivity index (χ0n) is 12.1. The number of anilines is 2. The molecule has 0 unspecified atom stereocenters. The number of nitrogens with one attached hydrogen (secondary N) is 2. The summed E-state index contributed by atoms with van der Waals surface area (Å²) in [6, 6.07) is 3.20. The number of carbonyl (C=O) groups excluding carboxylic acids is 1. The van der Waals surface area contributed by atoms with Gasteiger partial charge in [-0.1, -0.05) is 25.4 Å². The van der Waals surface area contributed by atoms with Crippen LogP contribution >= 0.6 is 22.9 Å². The van der Waals surface area contributed by atoms with Crippen molar-refractivity contribution in [1.29, 1.82) is 0 Å². The summed E-state index contributed by atoms with van der Waals surface area (Å²) >= 11 is 7.35. The van der Waals surface area contributed by atoms with Crippen LogP contribution in [0.4, 0.5) is 10.9 Å². The Bertz CT molecular complexity index is 642. The second-order valence-corrected chi connectivity index (χ2v) is 6.03. The molecule has 21 heavy (non-hydrogen) atoms. The van der Waals surface area contributed by atoms with Gasteiger partial charge < -0.3 is 5.32 Å². The van der Waals surface area contributed by atoms with E-state index in [1.165, 1.54) is 17.4 Å². The number of aromatic nitrogens is 2. The van der Waals surface area contributed by atoms with Crippen molar-refractivity contribution in [1.82, 2.24) is 9.97 Å². The molecule has 1 amide bonds. The second-order valence-electron chi connectivity index (χ2n) is 4.78. The van der Waals surface area contributed by atoms with Crippen LogP contribution in [0.2, 0.25) is 5.15 Å². The molecule has 0 atom stereocenters. The van der Waals surface area contributed by atoms with Gasteiger partial charge in [-0.15, -0.1) is 11.3 Å². The molecule has 5 nitrogen and oxygen atoms in total. The van der Waals surface area contributed by atoms with Crippen molar-refractivity contribution in [3.8, 4) is 0 Å². The third-order valence-corrected chi connectivity index (χ3v) is 3.72. The van der Waals surface area contributed by atoms with E-state index in [4.69, 9.17) is 11.6 Å². The minimum Gasteiger partial charge on any atom is -0.370 e. The average Bonchev–Trinajstić information content (AvgIpc) is 2.87. The molecule has 0 radical (unpaired) electrons. The van der Waals surface area contributed by atoms with Gasteiger partial charge in [0.25, 0.3) is 5.91 Å². The molecule has 7 heteroatoms. The minimum atomic E-state index is -0.247. The summed E-state index contributed by atoms with van der Waals surface area (Å²) in [5.41, 5.74) is 1.42. The van der Waals surface area contributed by atoms with Crippen LogP contribution in [0.25, 0.3) is 0 Å². The van der Waals surface area contributed by atoms with Gasteiger partial charge in [-0.05, 0) is 25.0 Å². The quantitative estimate of drug-likeness (QED) is 0.816. The summed E-state index contributed by atoms with van der Waals surface area (Å²) in [4.78, 5) is 20.7. The van der Waals surface area contributed by atoms with E-state index in [9.17, 15) is 4.79 Å². The van der Waals surface area contributed by atoms with E-state index in [0.29, 0.717) is 29.0 Å². The highest BCUT2D eigenvalue weighted by Crippen LogP contribution is 2.22. The molecule has 112 valence electrons. The van der Waals surface area contributed by atoms with Gasteiger partial charge in [0.2, 0.25) is 0 Å². The molecule has 2 aromatic rings. The Morgan fingerprint density at radius 2 is 2.14 bits per heavy atom. The predicted molar refractivity (Wildman–Crippen MR) is 87.6 cm³/mol. The summed E-state index contributed by atoms with van der Waals surface area (Å²) in [5, 5.41) is 8.63. The van der Waals surface area contributed by atoms with Crippen molar-refractivity contribution in [3.05, 3.63) is 33.9 Å². The first-order valence-corrected chi connectivity index (χ1v) is 7.93. The Hall–Kier alpha value is -1.66. The van der Waals surface area contributed by atoms with Crippen molar-refractivity contribution in [2.45, 2.75) is 26.7 Å². The molecule has 0 aliphatic carbocycles. The highest BCUT2D eigenvalue weighted by atomic mass is 35.5. The van der Waals surface area contributed by atoms with Gasteiger partial charge in [0.05, 0.1) is 5.69 Å². The van der Waals surface area contributed by atoms with E-state index in [2.05, 4.69) is 34.4 Å². The number of nitrogens with zero attached hydrogens (tertiary/aromatic N) is 2. The van der Waals surface area contributed by atoms with Crippen molar-refractivity contribution >= 4 is 39.8 Å². The number of carbonyl (C=O) groups is 1. The highest BCUT2D eigenvalue weighted by Gasteiger charge is 2.12. The molecular weight excluding hydrogens is 308 g/mol. The summed E-state index contributed by atoms with van der Waals surface area (Å²) in [6.07, 6.45) is 0. The van der Waals surface area contributed by atoms with E-state index in [1.807, 2.05) is 12.3 Å². The third kappa shape index (κ3) is 4.15. The van der Waals surface area contributed by atoms with Gasteiger partial charge in [0, 0.05) is 17.5 Å². The van der Waals surface area contributed by atoms with Crippen LogP contribution in [0.3, 0.4) is 0 Å². The monoisotopic (exact) mass is 324 g/mol. The molecular formula is C14H17ClN4OS. The lowest BCUT2D eigenvalue weighted by Crippen LogP contribution is -2.13. The zero-order valence-corrected chi connectivity index (χ0v) is 13.7. The topological polar surface area (TPSA) is 66.9 Å². The molecule has 0 saturated carbocycles. The van der Waals surface area contributed by atoms with Crippen LogP contribution in [0.1, 0.15) is 42.7 Å². The molecule has 0 fully saturated rings. The van der Waals surface area contributed by atoms with E-state index in [0.717, 1.165) is 5.69 Å². The van der Waals surface area contributed by atoms with Gasteiger partial charge in [0.15, 0.2) is 5.13 Å². The maximum absolute atomic E-state index is 12.2. The molecule has 0 bridgehead atoms. The van der Waals surface area contributed by atoms with Crippen molar-refractivity contribution in [2.24, 2.45) is 0 Å². The Kier molecular flexibility index (Phi) is 5.14. The largest absolute Gasteiger partial charge is 0.370 e. The summed E-state index contributed by atoms with van der Waals surface area (Å²) in [6.45, 7) is 6.78. The first-order valence-electron chi connectivity index (χ1n) is 6.67. The SMILES string of the molecule is CCNc1cc(C(=O)Nc2nc(C(C)C)cs2)cc(Cl)n1. The Morgan fingerprint density at radius 1 is 1.38 bits per heavy atom. The number of thiazole rings is 1. The van der Waals surface area contributed by atoms with Crippen molar-refractivity contribution < 1.29 is 4.79 Å². The third-order valence-electron chi connectivity index (χ3n) is 2.75. The number of hydrogen-bond donors (Lipinski definition) is 2. The first kappa shape index (κ1) is 15.7. The van der Waals surface area contributed by atoms with Crippen molar-refractivity contribution in [3.63, 3.8) is 0 Å². The number of halogens is 1. The van der Waals surface area contributed by atoms with E-state index >= 15 is 0 Å². The second kappa shape index (κ2) is 6.87. The molecule has 0 saturated heterocycles. The van der Waals surface area contributed by atoms with Gasteiger partial charge in [-0.3, -0.25) is 10.1 Å². The van der Waals surface area contributed by atoms with Crippen LogP contribution in [0.15, 0.2) is 17.5 Å². The average molecular weight is 325 g/mol. The Morgan fingerprint density at radius 3 is 2.76 bits per heavy atom. The van der Waals surface area contributed by atoms with Crippen LogP contribution < -0.4 is 10.6 Å². The van der Waals surface area contributed by atoms with Crippen LogP contribution in [0.5, 0.6) is 0 Å². The number of hydrogen-bond acceptors (Lipinski definition) is 5. The number of pyridine rings is 1. The molecule has 2 rings (SSSR count). The molecule has 0 aliphatic rings. The molecule has 2 N–H and O–H groups in total. The highest BCUT2D eigenvalue weighted by molar-refractivity contribution is 7.14. The summed E-state index contributed by atoms with van der Waals surface area (Å²) in [5.74, 6) is 0.669. The van der Waals surface area contributed by atoms with Gasteiger partial charge in [0.1, 0.15) is 11.0 Å². The Labute approximate surface area is 132 Å². The molecule has 2 heterocycles.